The van der Waals surface area contributed by atoms with Crippen LogP contribution in [0.25, 0.3) is 0 Å². The normalized spacial score (nSPS) is 26.1. The Balaban J connectivity index is 1.82. The van der Waals surface area contributed by atoms with Gasteiger partial charge in [0.15, 0.2) is 0 Å². The van der Waals surface area contributed by atoms with Crippen LogP contribution in [-0.4, -0.2) is 64.2 Å². The molecule has 3 amide bonds. The highest BCUT2D eigenvalue weighted by atomic mass is 16.3. The van der Waals surface area contributed by atoms with Gasteiger partial charge in [-0.2, -0.15) is 0 Å². The van der Waals surface area contributed by atoms with Crippen LogP contribution in [0.15, 0.2) is 0 Å². The highest BCUT2D eigenvalue weighted by Gasteiger charge is 2.45. The van der Waals surface area contributed by atoms with Gasteiger partial charge >= 0.3 is 6.03 Å². The van der Waals surface area contributed by atoms with E-state index in [2.05, 4.69) is 10.2 Å². The fraction of sp³-hybridized carbons (Fsp3) is 0.833. The van der Waals surface area contributed by atoms with Crippen molar-refractivity contribution < 1.29 is 14.7 Å². The molecule has 0 aliphatic carbocycles. The number of imide groups is 1. The minimum atomic E-state index is -0.795. The van der Waals surface area contributed by atoms with E-state index in [-0.39, 0.29) is 11.9 Å². The number of hydrogen-bond acceptors (Lipinski definition) is 4. The number of nitrogens with zero attached hydrogens (tertiary/aromatic N) is 2. The topological polar surface area (TPSA) is 72.9 Å². The second-order valence-electron chi connectivity index (χ2n) is 5.80. The summed E-state index contributed by atoms with van der Waals surface area (Å²) in [5.74, 6) is -0.182. The summed E-state index contributed by atoms with van der Waals surface area (Å²) < 4.78 is 0. The summed E-state index contributed by atoms with van der Waals surface area (Å²) in [6.45, 7) is 7.61. The van der Waals surface area contributed by atoms with Gasteiger partial charge in [0.1, 0.15) is 5.54 Å². The summed E-state index contributed by atoms with van der Waals surface area (Å²) in [6, 6.07) is -0.323. The van der Waals surface area contributed by atoms with E-state index in [4.69, 9.17) is 0 Å². The Labute approximate surface area is 107 Å². The van der Waals surface area contributed by atoms with Crippen molar-refractivity contribution in [2.75, 3.05) is 26.2 Å². The summed E-state index contributed by atoms with van der Waals surface area (Å²) in [5, 5.41) is 12.5. The lowest BCUT2D eigenvalue weighted by Gasteiger charge is -2.46. The fourth-order valence-electron chi connectivity index (χ4n) is 2.43. The first-order chi connectivity index (χ1) is 8.27. The van der Waals surface area contributed by atoms with E-state index < -0.39 is 11.1 Å². The molecule has 6 nitrogen and oxygen atoms in total. The van der Waals surface area contributed by atoms with Crippen molar-refractivity contribution in [3.05, 3.63) is 0 Å². The lowest BCUT2D eigenvalue weighted by Crippen LogP contribution is -2.62. The van der Waals surface area contributed by atoms with Crippen molar-refractivity contribution in [2.24, 2.45) is 0 Å². The van der Waals surface area contributed by atoms with Gasteiger partial charge in [-0.3, -0.25) is 14.6 Å². The van der Waals surface area contributed by atoms with Gasteiger partial charge in [-0.15, -0.1) is 0 Å². The van der Waals surface area contributed by atoms with E-state index in [9.17, 15) is 14.7 Å². The Morgan fingerprint density at radius 3 is 2.33 bits per heavy atom. The van der Waals surface area contributed by atoms with Gasteiger partial charge in [-0.25, -0.2) is 4.79 Å². The van der Waals surface area contributed by atoms with Crippen LogP contribution in [0.4, 0.5) is 4.79 Å². The lowest BCUT2D eigenvalue weighted by molar-refractivity contribution is -0.131. The molecule has 102 valence electrons. The van der Waals surface area contributed by atoms with Crippen LogP contribution in [0.5, 0.6) is 0 Å². The second-order valence-corrected chi connectivity index (χ2v) is 5.80. The van der Waals surface area contributed by atoms with Gasteiger partial charge < -0.3 is 10.4 Å². The minimum Gasteiger partial charge on any atom is -0.387 e. The van der Waals surface area contributed by atoms with Gasteiger partial charge in [-0.05, 0) is 20.3 Å². The molecule has 18 heavy (non-hydrogen) atoms. The quantitative estimate of drug-likeness (QED) is 0.681. The third-order valence-corrected chi connectivity index (χ3v) is 3.78. The van der Waals surface area contributed by atoms with Crippen LogP contribution in [-0.2, 0) is 4.79 Å². The number of hydrogen-bond donors (Lipinski definition) is 2. The van der Waals surface area contributed by atoms with E-state index in [1.165, 1.54) is 4.90 Å². The molecule has 0 unspecified atom stereocenters. The molecular weight excluding hydrogens is 234 g/mol. The van der Waals surface area contributed by atoms with Crippen LogP contribution in [0.2, 0.25) is 0 Å². The zero-order chi connectivity index (χ0) is 13.6. The van der Waals surface area contributed by atoms with E-state index in [1.807, 2.05) is 6.92 Å². The monoisotopic (exact) mass is 255 g/mol. The van der Waals surface area contributed by atoms with E-state index in [0.29, 0.717) is 26.2 Å². The highest BCUT2D eigenvalue weighted by molar-refractivity contribution is 6.06. The number of nitrogens with one attached hydrogen (secondary N) is 1. The fourth-order valence-corrected chi connectivity index (χ4v) is 2.43. The maximum atomic E-state index is 11.9. The molecule has 0 atom stereocenters. The predicted molar refractivity (Wildman–Crippen MR) is 66.0 cm³/mol. The Morgan fingerprint density at radius 2 is 1.89 bits per heavy atom. The van der Waals surface area contributed by atoms with Crippen LogP contribution in [0.1, 0.15) is 27.2 Å². The summed E-state index contributed by atoms with van der Waals surface area (Å²) in [6.07, 6.45) is 0.736. The number of amides is 3. The average Bonchev–Trinajstić information content (AvgIpc) is 2.43. The zero-order valence-electron chi connectivity index (χ0n) is 11.2. The molecule has 2 heterocycles. The second kappa shape index (κ2) is 4.20. The zero-order valence-corrected chi connectivity index (χ0v) is 11.2. The number of aliphatic hydroxyl groups is 1. The molecule has 2 saturated heterocycles. The van der Waals surface area contributed by atoms with Crippen LogP contribution in [0.3, 0.4) is 0 Å². The molecule has 6 heteroatoms. The third kappa shape index (κ3) is 2.22. The highest BCUT2D eigenvalue weighted by Crippen LogP contribution is 2.24. The molecule has 0 radical (unpaired) electrons. The van der Waals surface area contributed by atoms with Crippen LogP contribution >= 0.6 is 0 Å². The Hall–Kier alpha value is -1.14. The molecule has 0 aromatic carbocycles. The number of carbonyl (C=O) groups is 2. The minimum absolute atomic E-state index is 0.182. The van der Waals surface area contributed by atoms with Crippen molar-refractivity contribution >= 4 is 11.9 Å². The maximum Gasteiger partial charge on any atom is 0.325 e. The van der Waals surface area contributed by atoms with Gasteiger partial charge in [0, 0.05) is 26.2 Å². The molecule has 0 saturated carbocycles. The van der Waals surface area contributed by atoms with Crippen LogP contribution in [0, 0.1) is 0 Å². The summed E-state index contributed by atoms with van der Waals surface area (Å²) in [4.78, 5) is 26.8. The number of rotatable bonds is 4. The number of likely N-dealkylation sites (tertiary alicyclic amines) is 1. The maximum absolute atomic E-state index is 11.9. The SMILES string of the molecule is CCC1(O)CN(CCN2C(=O)NC(C)(C)C2=O)C1. The number of β-amino-alcohol motifs (C(OH)–C–C–N with tert-alkyl or cyclic N) is 1. The Kier molecular flexibility index (Phi) is 3.11. The summed E-state index contributed by atoms with van der Waals surface area (Å²) in [5.41, 5.74) is -1.37. The molecule has 2 N–H and O–H groups in total. The Morgan fingerprint density at radius 1 is 1.28 bits per heavy atom. The van der Waals surface area contributed by atoms with Gasteiger partial charge in [0.25, 0.3) is 5.91 Å². The van der Waals surface area contributed by atoms with Crippen LogP contribution < -0.4 is 5.32 Å². The van der Waals surface area contributed by atoms with E-state index in [1.54, 1.807) is 13.8 Å². The number of carbonyl (C=O) groups excluding carboxylic acids is 2. The standard InChI is InChI=1S/C12H21N3O3/c1-4-12(18)7-14(8-12)5-6-15-9(16)11(2,3)13-10(15)17/h18H,4-8H2,1-3H3,(H,13,17). The first-order valence-electron chi connectivity index (χ1n) is 6.36. The molecule has 2 rings (SSSR count). The average molecular weight is 255 g/mol. The van der Waals surface area contributed by atoms with Gasteiger partial charge in [-0.1, -0.05) is 6.92 Å². The smallest absolute Gasteiger partial charge is 0.325 e. The molecular formula is C12H21N3O3. The summed E-state index contributed by atoms with van der Waals surface area (Å²) >= 11 is 0. The van der Waals surface area contributed by atoms with Gasteiger partial charge in [0.2, 0.25) is 0 Å². The summed E-state index contributed by atoms with van der Waals surface area (Å²) in [7, 11) is 0. The molecule has 2 aliphatic rings. The third-order valence-electron chi connectivity index (χ3n) is 3.78. The molecule has 0 bridgehead atoms. The largest absolute Gasteiger partial charge is 0.387 e. The Bertz CT molecular complexity index is 375. The first-order valence-corrected chi connectivity index (χ1v) is 6.36. The lowest BCUT2D eigenvalue weighted by atomic mass is 9.91. The molecule has 2 fully saturated rings. The number of urea groups is 1. The van der Waals surface area contributed by atoms with Crippen molar-refractivity contribution in [2.45, 2.75) is 38.3 Å². The molecule has 0 spiro atoms. The van der Waals surface area contributed by atoms with E-state index >= 15 is 0 Å². The van der Waals surface area contributed by atoms with Crippen molar-refractivity contribution in [3.8, 4) is 0 Å². The van der Waals surface area contributed by atoms with Crippen molar-refractivity contribution in [1.82, 2.24) is 15.1 Å². The van der Waals surface area contributed by atoms with Crippen molar-refractivity contribution in [3.63, 3.8) is 0 Å². The van der Waals surface area contributed by atoms with Gasteiger partial charge in [0.05, 0.1) is 5.60 Å². The molecule has 2 aliphatic heterocycles. The van der Waals surface area contributed by atoms with Crippen molar-refractivity contribution in [1.29, 1.82) is 0 Å². The first kappa shape index (κ1) is 13.3. The molecule has 0 aromatic rings. The molecule has 0 aromatic heterocycles. The predicted octanol–water partition coefficient (Wildman–Crippen LogP) is -0.226. The van der Waals surface area contributed by atoms with E-state index in [0.717, 1.165) is 6.42 Å².